The lowest BCUT2D eigenvalue weighted by atomic mass is 10.1. The van der Waals surface area contributed by atoms with E-state index in [1.807, 2.05) is 0 Å². The molecule has 0 saturated carbocycles. The van der Waals surface area contributed by atoms with Crippen LogP contribution in [-0.2, 0) is 0 Å². The first kappa shape index (κ1) is 10.8. The number of benzene rings is 1. The SMILES string of the molecule is COc1ccc(C(=O)N2CC(N)C2)c(O)c1. The maximum Gasteiger partial charge on any atom is 0.257 e. The standard InChI is InChI=1S/C11H14N2O3/c1-16-8-2-3-9(10(14)4-8)11(15)13-5-7(12)6-13/h2-4,7,14H,5-6,12H2,1H3. The first-order valence-corrected chi connectivity index (χ1v) is 5.03. The van der Waals surface area contributed by atoms with Gasteiger partial charge in [-0.1, -0.05) is 0 Å². The number of carbonyl (C=O) groups is 1. The molecular formula is C11H14N2O3. The minimum atomic E-state index is -0.193. The summed E-state index contributed by atoms with van der Waals surface area (Å²) in [5.74, 6) is 0.265. The first-order chi connectivity index (χ1) is 7.61. The van der Waals surface area contributed by atoms with Gasteiger partial charge in [-0.3, -0.25) is 4.79 Å². The highest BCUT2D eigenvalue weighted by molar-refractivity contribution is 5.97. The van der Waals surface area contributed by atoms with Crippen LogP contribution in [0.5, 0.6) is 11.5 Å². The molecule has 0 bridgehead atoms. The zero-order valence-corrected chi connectivity index (χ0v) is 9.01. The molecule has 0 unspecified atom stereocenters. The van der Waals surface area contributed by atoms with Crippen LogP contribution < -0.4 is 10.5 Å². The number of aromatic hydroxyl groups is 1. The molecule has 3 N–H and O–H groups in total. The van der Waals surface area contributed by atoms with Crippen molar-refractivity contribution in [3.8, 4) is 11.5 Å². The van der Waals surface area contributed by atoms with E-state index in [2.05, 4.69) is 0 Å². The van der Waals surface area contributed by atoms with Crippen LogP contribution in [0.25, 0.3) is 0 Å². The van der Waals surface area contributed by atoms with Gasteiger partial charge in [0, 0.05) is 25.2 Å². The Hall–Kier alpha value is -1.75. The number of phenols is 1. The quantitative estimate of drug-likeness (QED) is 0.748. The molecule has 1 fully saturated rings. The number of nitrogens with zero attached hydrogens (tertiary/aromatic N) is 1. The molecule has 0 aliphatic carbocycles. The van der Waals surface area contributed by atoms with E-state index < -0.39 is 0 Å². The van der Waals surface area contributed by atoms with Crippen LogP contribution in [0.2, 0.25) is 0 Å². The molecule has 1 heterocycles. The number of methoxy groups -OCH3 is 1. The van der Waals surface area contributed by atoms with Gasteiger partial charge in [0.2, 0.25) is 0 Å². The highest BCUT2D eigenvalue weighted by Crippen LogP contribution is 2.25. The van der Waals surface area contributed by atoms with Gasteiger partial charge in [-0.25, -0.2) is 0 Å². The topological polar surface area (TPSA) is 75.8 Å². The van der Waals surface area contributed by atoms with Crippen molar-refractivity contribution in [3.63, 3.8) is 0 Å². The Morgan fingerprint density at radius 2 is 2.25 bits per heavy atom. The second kappa shape index (κ2) is 4.02. The Balaban J connectivity index is 2.17. The summed E-state index contributed by atoms with van der Waals surface area (Å²) in [6.45, 7) is 1.09. The number of likely N-dealkylation sites (tertiary alicyclic amines) is 1. The fourth-order valence-corrected chi connectivity index (χ4v) is 1.67. The molecule has 5 nitrogen and oxygen atoms in total. The Bertz CT molecular complexity index is 414. The predicted octanol–water partition coefficient (Wildman–Crippen LogP) is 0.184. The number of phenolic OH excluding ortho intramolecular Hbond substituents is 1. The van der Waals surface area contributed by atoms with Crippen molar-refractivity contribution in [2.75, 3.05) is 20.2 Å². The lowest BCUT2D eigenvalue weighted by Gasteiger charge is -2.36. The van der Waals surface area contributed by atoms with Crippen molar-refractivity contribution >= 4 is 5.91 Å². The average Bonchev–Trinajstić information content (AvgIpc) is 2.23. The molecule has 16 heavy (non-hydrogen) atoms. The number of amides is 1. The third-order valence-corrected chi connectivity index (χ3v) is 2.63. The van der Waals surface area contributed by atoms with Crippen LogP contribution in [-0.4, -0.2) is 42.2 Å². The molecule has 1 aliphatic rings. The molecule has 0 radical (unpaired) electrons. The lowest BCUT2D eigenvalue weighted by Crippen LogP contribution is -2.57. The Kier molecular flexibility index (Phi) is 2.70. The molecule has 0 aromatic heterocycles. The van der Waals surface area contributed by atoms with Gasteiger partial charge in [0.05, 0.1) is 12.7 Å². The minimum absolute atomic E-state index is 0.0596. The summed E-state index contributed by atoms with van der Waals surface area (Å²) in [6, 6.07) is 4.68. The molecular weight excluding hydrogens is 208 g/mol. The summed E-state index contributed by atoms with van der Waals surface area (Å²) in [6.07, 6.45) is 0. The van der Waals surface area contributed by atoms with E-state index in [0.717, 1.165) is 0 Å². The van der Waals surface area contributed by atoms with E-state index in [9.17, 15) is 9.90 Å². The number of hydrogen-bond acceptors (Lipinski definition) is 4. The maximum atomic E-state index is 11.9. The molecule has 86 valence electrons. The van der Waals surface area contributed by atoms with Crippen LogP contribution >= 0.6 is 0 Å². The Labute approximate surface area is 93.4 Å². The van der Waals surface area contributed by atoms with Crippen LogP contribution in [0.1, 0.15) is 10.4 Å². The summed E-state index contributed by atoms with van der Waals surface area (Å²) in [5.41, 5.74) is 5.88. The van der Waals surface area contributed by atoms with E-state index in [-0.39, 0.29) is 23.3 Å². The van der Waals surface area contributed by atoms with Gasteiger partial charge in [-0.2, -0.15) is 0 Å². The van der Waals surface area contributed by atoms with Gasteiger partial charge < -0.3 is 20.5 Å². The van der Waals surface area contributed by atoms with Crippen molar-refractivity contribution in [2.45, 2.75) is 6.04 Å². The van der Waals surface area contributed by atoms with Crippen LogP contribution in [0.3, 0.4) is 0 Å². The monoisotopic (exact) mass is 222 g/mol. The lowest BCUT2D eigenvalue weighted by molar-refractivity contribution is 0.0605. The molecule has 1 aromatic rings. The Morgan fingerprint density at radius 3 is 2.75 bits per heavy atom. The van der Waals surface area contributed by atoms with E-state index >= 15 is 0 Å². The van der Waals surface area contributed by atoms with Crippen LogP contribution in [0, 0.1) is 0 Å². The van der Waals surface area contributed by atoms with Gasteiger partial charge in [0.1, 0.15) is 11.5 Å². The number of carbonyl (C=O) groups excluding carboxylic acids is 1. The predicted molar refractivity (Wildman–Crippen MR) is 58.5 cm³/mol. The molecule has 1 aliphatic heterocycles. The van der Waals surface area contributed by atoms with E-state index in [0.29, 0.717) is 18.8 Å². The minimum Gasteiger partial charge on any atom is -0.507 e. The summed E-state index contributed by atoms with van der Waals surface area (Å²) in [5, 5.41) is 9.67. The van der Waals surface area contributed by atoms with E-state index in [1.54, 1.807) is 17.0 Å². The normalized spacial score (nSPS) is 15.8. The zero-order chi connectivity index (χ0) is 11.7. The zero-order valence-electron chi connectivity index (χ0n) is 9.01. The number of rotatable bonds is 2. The second-order valence-electron chi connectivity index (χ2n) is 3.85. The van der Waals surface area contributed by atoms with Crippen molar-refractivity contribution < 1.29 is 14.6 Å². The van der Waals surface area contributed by atoms with Gasteiger partial charge in [0.15, 0.2) is 0 Å². The summed E-state index contributed by atoms with van der Waals surface area (Å²) in [4.78, 5) is 13.5. The summed E-state index contributed by atoms with van der Waals surface area (Å²) >= 11 is 0. The molecule has 2 rings (SSSR count). The molecule has 1 saturated heterocycles. The molecule has 1 aromatic carbocycles. The van der Waals surface area contributed by atoms with Crippen LogP contribution in [0.4, 0.5) is 0 Å². The third kappa shape index (κ3) is 1.81. The van der Waals surface area contributed by atoms with Crippen molar-refractivity contribution in [3.05, 3.63) is 23.8 Å². The maximum absolute atomic E-state index is 11.9. The highest BCUT2D eigenvalue weighted by Gasteiger charge is 2.29. The van der Waals surface area contributed by atoms with Gasteiger partial charge in [-0.15, -0.1) is 0 Å². The second-order valence-corrected chi connectivity index (χ2v) is 3.85. The number of nitrogens with two attached hydrogens (primary N) is 1. The fraction of sp³-hybridized carbons (Fsp3) is 0.364. The van der Waals surface area contributed by atoms with Crippen molar-refractivity contribution in [2.24, 2.45) is 5.73 Å². The summed E-state index contributed by atoms with van der Waals surface area (Å²) in [7, 11) is 1.50. The van der Waals surface area contributed by atoms with Gasteiger partial charge >= 0.3 is 0 Å². The number of hydrogen-bond donors (Lipinski definition) is 2. The molecule has 0 atom stereocenters. The van der Waals surface area contributed by atoms with E-state index in [4.69, 9.17) is 10.5 Å². The van der Waals surface area contributed by atoms with Gasteiger partial charge in [0.25, 0.3) is 5.91 Å². The number of ether oxygens (including phenoxy) is 1. The first-order valence-electron chi connectivity index (χ1n) is 5.03. The molecule has 1 amide bonds. The van der Waals surface area contributed by atoms with E-state index in [1.165, 1.54) is 13.2 Å². The van der Waals surface area contributed by atoms with Crippen molar-refractivity contribution in [1.29, 1.82) is 0 Å². The molecule has 0 spiro atoms. The largest absolute Gasteiger partial charge is 0.507 e. The van der Waals surface area contributed by atoms with Gasteiger partial charge in [-0.05, 0) is 12.1 Å². The Morgan fingerprint density at radius 1 is 1.56 bits per heavy atom. The van der Waals surface area contributed by atoms with Crippen molar-refractivity contribution in [1.82, 2.24) is 4.90 Å². The fourth-order valence-electron chi connectivity index (χ4n) is 1.67. The highest BCUT2D eigenvalue weighted by atomic mass is 16.5. The molecule has 5 heteroatoms. The van der Waals surface area contributed by atoms with Crippen LogP contribution in [0.15, 0.2) is 18.2 Å². The smallest absolute Gasteiger partial charge is 0.257 e. The average molecular weight is 222 g/mol. The summed E-state index contributed by atoms with van der Waals surface area (Å²) < 4.78 is 4.94. The third-order valence-electron chi connectivity index (χ3n) is 2.63.